The van der Waals surface area contributed by atoms with Gasteiger partial charge in [0, 0.05) is 6.04 Å². The molecule has 0 radical (unpaired) electrons. The molecule has 0 amide bonds. The second-order valence-corrected chi connectivity index (χ2v) is 5.41. The highest BCUT2D eigenvalue weighted by Gasteiger charge is 2.23. The standard InChI is InChI=1S/C14H22FNO/c1-10-7-6-8-11(13(10)15)17-9-12(16-5)14(2,3)4/h6-8,12,16H,9H2,1-5H3. The molecular formula is C14H22FNO. The molecule has 0 spiro atoms. The van der Waals surface area contributed by atoms with Crippen LogP contribution in [0.15, 0.2) is 18.2 Å². The summed E-state index contributed by atoms with van der Waals surface area (Å²) >= 11 is 0. The zero-order valence-corrected chi connectivity index (χ0v) is 11.3. The molecular weight excluding hydrogens is 217 g/mol. The minimum atomic E-state index is -0.267. The molecule has 3 heteroatoms. The van der Waals surface area contributed by atoms with Crippen LogP contribution in [0, 0.1) is 18.2 Å². The van der Waals surface area contributed by atoms with E-state index in [-0.39, 0.29) is 17.3 Å². The van der Waals surface area contributed by atoms with Crippen molar-refractivity contribution in [2.45, 2.75) is 33.7 Å². The van der Waals surface area contributed by atoms with Gasteiger partial charge in [-0.15, -0.1) is 0 Å². The summed E-state index contributed by atoms with van der Waals surface area (Å²) in [6.07, 6.45) is 0. The molecule has 0 aliphatic rings. The first-order chi connectivity index (χ1) is 7.86. The monoisotopic (exact) mass is 239 g/mol. The molecule has 0 fully saturated rings. The Labute approximate surface area is 103 Å². The molecule has 0 saturated carbocycles. The average molecular weight is 239 g/mol. The lowest BCUT2D eigenvalue weighted by atomic mass is 9.87. The average Bonchev–Trinajstić information content (AvgIpc) is 2.23. The van der Waals surface area contributed by atoms with E-state index in [1.807, 2.05) is 7.05 Å². The molecule has 1 unspecified atom stereocenters. The number of hydrogen-bond acceptors (Lipinski definition) is 2. The van der Waals surface area contributed by atoms with Gasteiger partial charge in [0.1, 0.15) is 6.61 Å². The van der Waals surface area contributed by atoms with Crippen LogP contribution >= 0.6 is 0 Å². The van der Waals surface area contributed by atoms with Crippen LogP contribution in [0.2, 0.25) is 0 Å². The first-order valence-electron chi connectivity index (χ1n) is 5.91. The van der Waals surface area contributed by atoms with Gasteiger partial charge in [0.2, 0.25) is 0 Å². The molecule has 1 atom stereocenters. The van der Waals surface area contributed by atoms with Gasteiger partial charge in [-0.3, -0.25) is 0 Å². The minimum absolute atomic E-state index is 0.0784. The fourth-order valence-corrected chi connectivity index (χ4v) is 1.67. The van der Waals surface area contributed by atoms with E-state index < -0.39 is 0 Å². The zero-order chi connectivity index (χ0) is 13.1. The Bertz CT molecular complexity index is 371. The molecule has 2 nitrogen and oxygen atoms in total. The Morgan fingerprint density at radius 2 is 2.00 bits per heavy atom. The van der Waals surface area contributed by atoms with Crippen molar-refractivity contribution < 1.29 is 9.13 Å². The van der Waals surface area contributed by atoms with Crippen molar-refractivity contribution in [1.82, 2.24) is 5.32 Å². The second kappa shape index (κ2) is 5.50. The van der Waals surface area contributed by atoms with Crippen LogP contribution in [0.3, 0.4) is 0 Å². The van der Waals surface area contributed by atoms with Gasteiger partial charge in [0.25, 0.3) is 0 Å². The summed E-state index contributed by atoms with van der Waals surface area (Å²) < 4.78 is 19.3. The molecule has 17 heavy (non-hydrogen) atoms. The number of aryl methyl sites for hydroxylation is 1. The number of nitrogens with one attached hydrogen (secondary N) is 1. The molecule has 0 bridgehead atoms. The van der Waals surface area contributed by atoms with Crippen LogP contribution < -0.4 is 10.1 Å². The van der Waals surface area contributed by atoms with E-state index >= 15 is 0 Å². The number of rotatable bonds is 4. The highest BCUT2D eigenvalue weighted by molar-refractivity contribution is 5.30. The summed E-state index contributed by atoms with van der Waals surface area (Å²) in [5, 5.41) is 3.20. The van der Waals surface area contributed by atoms with E-state index in [2.05, 4.69) is 26.1 Å². The highest BCUT2D eigenvalue weighted by atomic mass is 19.1. The molecule has 0 aromatic heterocycles. The van der Waals surface area contributed by atoms with Crippen molar-refractivity contribution in [1.29, 1.82) is 0 Å². The summed E-state index contributed by atoms with van der Waals surface area (Å²) in [5.74, 6) is 0.0609. The molecule has 0 heterocycles. The van der Waals surface area contributed by atoms with Crippen LogP contribution in [-0.4, -0.2) is 19.7 Å². The molecule has 1 N–H and O–H groups in total. The Morgan fingerprint density at radius 1 is 1.35 bits per heavy atom. The lowest BCUT2D eigenvalue weighted by Gasteiger charge is -2.30. The second-order valence-electron chi connectivity index (χ2n) is 5.41. The van der Waals surface area contributed by atoms with Crippen LogP contribution in [0.5, 0.6) is 5.75 Å². The van der Waals surface area contributed by atoms with Crippen molar-refractivity contribution in [2.24, 2.45) is 5.41 Å². The molecule has 1 aromatic carbocycles. The van der Waals surface area contributed by atoms with Crippen LogP contribution in [-0.2, 0) is 0 Å². The quantitative estimate of drug-likeness (QED) is 0.871. The maximum atomic E-state index is 13.7. The summed E-state index contributed by atoms with van der Waals surface area (Å²) in [6, 6.07) is 5.39. The van der Waals surface area contributed by atoms with Crippen LogP contribution in [0.25, 0.3) is 0 Å². The van der Waals surface area contributed by atoms with E-state index in [1.165, 1.54) is 0 Å². The van der Waals surface area contributed by atoms with E-state index in [1.54, 1.807) is 25.1 Å². The number of benzene rings is 1. The van der Waals surface area contributed by atoms with Gasteiger partial charge >= 0.3 is 0 Å². The third-order valence-corrected chi connectivity index (χ3v) is 2.96. The smallest absolute Gasteiger partial charge is 0.167 e. The number of ether oxygens (including phenoxy) is 1. The Kier molecular flexibility index (Phi) is 4.52. The van der Waals surface area contributed by atoms with Crippen LogP contribution in [0.4, 0.5) is 4.39 Å². The van der Waals surface area contributed by atoms with E-state index in [0.717, 1.165) is 0 Å². The Morgan fingerprint density at radius 3 is 2.53 bits per heavy atom. The maximum absolute atomic E-state index is 13.7. The van der Waals surface area contributed by atoms with Gasteiger partial charge < -0.3 is 10.1 Å². The van der Waals surface area contributed by atoms with Crippen molar-refractivity contribution in [3.05, 3.63) is 29.6 Å². The maximum Gasteiger partial charge on any atom is 0.167 e. The highest BCUT2D eigenvalue weighted by Crippen LogP contribution is 2.23. The summed E-state index contributed by atoms with van der Waals surface area (Å²) in [4.78, 5) is 0. The molecule has 1 rings (SSSR count). The third-order valence-electron chi connectivity index (χ3n) is 2.96. The lowest BCUT2D eigenvalue weighted by Crippen LogP contribution is -2.42. The molecule has 0 aliphatic carbocycles. The van der Waals surface area contributed by atoms with Crippen molar-refractivity contribution >= 4 is 0 Å². The number of hydrogen-bond donors (Lipinski definition) is 1. The first-order valence-corrected chi connectivity index (χ1v) is 5.91. The molecule has 1 aromatic rings. The fourth-order valence-electron chi connectivity index (χ4n) is 1.67. The predicted molar refractivity (Wildman–Crippen MR) is 68.9 cm³/mol. The van der Waals surface area contributed by atoms with E-state index in [0.29, 0.717) is 17.9 Å². The topological polar surface area (TPSA) is 21.3 Å². The van der Waals surface area contributed by atoms with E-state index in [9.17, 15) is 4.39 Å². The predicted octanol–water partition coefficient (Wildman–Crippen LogP) is 3.15. The summed E-state index contributed by atoms with van der Waals surface area (Å²) in [6.45, 7) is 8.58. The summed E-state index contributed by atoms with van der Waals surface area (Å²) in [5.41, 5.74) is 0.689. The van der Waals surface area contributed by atoms with E-state index in [4.69, 9.17) is 4.74 Å². The fraction of sp³-hybridized carbons (Fsp3) is 0.571. The van der Waals surface area contributed by atoms with Gasteiger partial charge in [-0.2, -0.15) is 0 Å². The van der Waals surface area contributed by atoms with Gasteiger partial charge in [0.15, 0.2) is 11.6 Å². The number of halogens is 1. The molecule has 96 valence electrons. The zero-order valence-electron chi connectivity index (χ0n) is 11.3. The van der Waals surface area contributed by atoms with Crippen molar-refractivity contribution in [3.8, 4) is 5.75 Å². The summed E-state index contributed by atoms with van der Waals surface area (Å²) in [7, 11) is 1.89. The Balaban J connectivity index is 2.70. The largest absolute Gasteiger partial charge is 0.489 e. The van der Waals surface area contributed by atoms with Crippen LogP contribution in [0.1, 0.15) is 26.3 Å². The van der Waals surface area contributed by atoms with Gasteiger partial charge in [-0.1, -0.05) is 32.9 Å². The third kappa shape index (κ3) is 3.70. The minimum Gasteiger partial charge on any atom is -0.489 e. The van der Waals surface area contributed by atoms with Gasteiger partial charge in [0.05, 0.1) is 0 Å². The Hall–Kier alpha value is -1.09. The first kappa shape index (κ1) is 14.0. The SMILES string of the molecule is CNC(COc1cccc(C)c1F)C(C)(C)C. The normalized spacial score (nSPS) is 13.5. The van der Waals surface area contributed by atoms with Gasteiger partial charge in [-0.25, -0.2) is 4.39 Å². The van der Waals surface area contributed by atoms with Gasteiger partial charge in [-0.05, 0) is 31.0 Å². The lowest BCUT2D eigenvalue weighted by molar-refractivity contribution is 0.177. The van der Waals surface area contributed by atoms with Crippen molar-refractivity contribution in [3.63, 3.8) is 0 Å². The molecule has 0 aliphatic heterocycles. The van der Waals surface area contributed by atoms with Crippen molar-refractivity contribution in [2.75, 3.05) is 13.7 Å². The number of likely N-dealkylation sites (N-methyl/N-ethyl adjacent to an activating group) is 1. The molecule has 0 saturated heterocycles.